The molecule has 14 heavy (non-hydrogen) atoms. The van der Waals surface area contributed by atoms with Gasteiger partial charge in [0, 0.05) is 28.7 Å². The Kier molecular flexibility index (Phi) is 5.04. The molecule has 0 radical (unpaired) electrons. The first-order valence-electron chi connectivity index (χ1n) is 4.65. The van der Waals surface area contributed by atoms with E-state index in [1.807, 2.05) is 24.4 Å². The quantitative estimate of drug-likeness (QED) is 0.704. The Hall–Kier alpha value is -0.480. The van der Waals surface area contributed by atoms with Crippen LogP contribution in [0.1, 0.15) is 29.4 Å². The molecule has 2 nitrogen and oxygen atoms in total. The van der Waals surface area contributed by atoms with E-state index in [0.29, 0.717) is 17.9 Å². The highest BCUT2D eigenvalue weighted by atomic mass is 32.2. The summed E-state index contributed by atoms with van der Waals surface area (Å²) in [7, 11) is -0.739. The van der Waals surface area contributed by atoms with Crippen LogP contribution in [0.2, 0.25) is 0 Å². The standard InChI is InChI=1S/C10H14O2S2/c1-2-14(12)8-4-5-9(11)10-6-3-7-13-10/h3,6-7H,2,4-5,8H2,1H3. The molecule has 0 aromatic carbocycles. The lowest BCUT2D eigenvalue weighted by Gasteiger charge is -1.98. The van der Waals surface area contributed by atoms with Crippen molar-refractivity contribution in [3.05, 3.63) is 22.4 Å². The number of Topliss-reactive ketones (excluding diaryl/α,β-unsaturated/α-hetero) is 1. The van der Waals surface area contributed by atoms with Crippen molar-refractivity contribution in [3.8, 4) is 0 Å². The zero-order valence-corrected chi connectivity index (χ0v) is 9.83. The average Bonchev–Trinajstić information content (AvgIpc) is 2.70. The largest absolute Gasteiger partial charge is 0.293 e. The van der Waals surface area contributed by atoms with Crippen LogP contribution in [0.5, 0.6) is 0 Å². The molecule has 0 saturated heterocycles. The molecule has 1 aromatic rings. The fourth-order valence-electron chi connectivity index (χ4n) is 1.10. The number of ketones is 1. The van der Waals surface area contributed by atoms with Gasteiger partial charge in [0.15, 0.2) is 5.78 Å². The lowest BCUT2D eigenvalue weighted by Crippen LogP contribution is -2.03. The van der Waals surface area contributed by atoms with E-state index in [1.54, 1.807) is 0 Å². The smallest absolute Gasteiger partial charge is 0.172 e. The van der Waals surface area contributed by atoms with Crippen LogP contribution in [0.4, 0.5) is 0 Å². The first-order valence-corrected chi connectivity index (χ1v) is 7.02. The van der Waals surface area contributed by atoms with Gasteiger partial charge in [-0.15, -0.1) is 11.3 Å². The molecule has 0 N–H and O–H groups in total. The maximum Gasteiger partial charge on any atom is 0.172 e. The van der Waals surface area contributed by atoms with Gasteiger partial charge in [0.1, 0.15) is 0 Å². The molecule has 0 fully saturated rings. The summed E-state index contributed by atoms with van der Waals surface area (Å²) in [4.78, 5) is 12.3. The van der Waals surface area contributed by atoms with Crippen molar-refractivity contribution < 1.29 is 9.00 Å². The van der Waals surface area contributed by atoms with Gasteiger partial charge in [0.05, 0.1) is 4.88 Å². The molecule has 0 aliphatic carbocycles. The van der Waals surface area contributed by atoms with Crippen LogP contribution in [-0.2, 0) is 10.8 Å². The van der Waals surface area contributed by atoms with Crippen LogP contribution in [0, 0.1) is 0 Å². The van der Waals surface area contributed by atoms with Crippen LogP contribution >= 0.6 is 11.3 Å². The molecule has 0 spiro atoms. The van der Waals surface area contributed by atoms with Gasteiger partial charge in [-0.3, -0.25) is 9.00 Å². The number of hydrogen-bond acceptors (Lipinski definition) is 3. The van der Waals surface area contributed by atoms with Crippen molar-refractivity contribution in [2.45, 2.75) is 19.8 Å². The lowest BCUT2D eigenvalue weighted by molar-refractivity contribution is 0.0986. The monoisotopic (exact) mass is 230 g/mol. The number of rotatable bonds is 6. The van der Waals surface area contributed by atoms with Crippen molar-refractivity contribution >= 4 is 27.9 Å². The summed E-state index contributed by atoms with van der Waals surface area (Å²) in [6.07, 6.45) is 1.25. The molecular weight excluding hydrogens is 216 g/mol. The highest BCUT2D eigenvalue weighted by Gasteiger charge is 2.06. The molecule has 0 amide bonds. The van der Waals surface area contributed by atoms with Crippen LogP contribution < -0.4 is 0 Å². The van der Waals surface area contributed by atoms with E-state index in [9.17, 15) is 9.00 Å². The lowest BCUT2D eigenvalue weighted by atomic mass is 10.2. The van der Waals surface area contributed by atoms with Gasteiger partial charge >= 0.3 is 0 Å². The summed E-state index contributed by atoms with van der Waals surface area (Å²) in [5.41, 5.74) is 0. The summed E-state index contributed by atoms with van der Waals surface area (Å²) in [6, 6.07) is 3.71. The predicted octanol–water partition coefficient (Wildman–Crippen LogP) is 2.48. The van der Waals surface area contributed by atoms with Crippen LogP contribution in [0.25, 0.3) is 0 Å². The maximum absolute atomic E-state index is 11.5. The molecule has 1 atom stereocenters. The zero-order chi connectivity index (χ0) is 10.4. The highest BCUT2D eigenvalue weighted by molar-refractivity contribution is 7.84. The Morgan fingerprint density at radius 2 is 2.36 bits per heavy atom. The third-order valence-corrected chi connectivity index (χ3v) is 4.19. The molecule has 4 heteroatoms. The molecule has 1 rings (SSSR count). The van der Waals surface area contributed by atoms with E-state index in [0.717, 1.165) is 11.3 Å². The van der Waals surface area contributed by atoms with E-state index in [-0.39, 0.29) is 5.78 Å². The summed E-state index contributed by atoms with van der Waals surface area (Å²) >= 11 is 1.47. The second-order valence-corrected chi connectivity index (χ2v) is 5.75. The third-order valence-electron chi connectivity index (χ3n) is 1.89. The molecule has 1 aromatic heterocycles. The van der Waals surface area contributed by atoms with E-state index < -0.39 is 10.8 Å². The molecule has 0 saturated carbocycles. The maximum atomic E-state index is 11.5. The zero-order valence-electron chi connectivity index (χ0n) is 8.19. The molecule has 78 valence electrons. The van der Waals surface area contributed by atoms with Gasteiger partial charge in [-0.25, -0.2) is 0 Å². The number of carbonyl (C=O) groups is 1. The van der Waals surface area contributed by atoms with Crippen molar-refractivity contribution in [3.63, 3.8) is 0 Å². The van der Waals surface area contributed by atoms with Crippen molar-refractivity contribution in [2.75, 3.05) is 11.5 Å². The average molecular weight is 230 g/mol. The third kappa shape index (κ3) is 3.72. The summed E-state index contributed by atoms with van der Waals surface area (Å²) in [6.45, 7) is 1.90. The van der Waals surface area contributed by atoms with Crippen LogP contribution in [0.15, 0.2) is 17.5 Å². The van der Waals surface area contributed by atoms with Gasteiger partial charge in [-0.05, 0) is 17.9 Å². The minimum Gasteiger partial charge on any atom is -0.293 e. The van der Waals surface area contributed by atoms with Gasteiger partial charge in [-0.1, -0.05) is 13.0 Å². The Bertz CT molecular complexity index is 304. The summed E-state index contributed by atoms with van der Waals surface area (Å²) in [5, 5.41) is 1.90. The number of carbonyl (C=O) groups excluding carboxylic acids is 1. The first kappa shape index (κ1) is 11.6. The van der Waals surface area contributed by atoms with E-state index >= 15 is 0 Å². The SMILES string of the molecule is CCS(=O)CCCC(=O)c1cccs1. The number of hydrogen-bond donors (Lipinski definition) is 0. The highest BCUT2D eigenvalue weighted by Crippen LogP contribution is 2.12. The summed E-state index contributed by atoms with van der Waals surface area (Å²) < 4.78 is 11.1. The Labute approximate surface area is 90.8 Å². The predicted molar refractivity (Wildman–Crippen MR) is 61.4 cm³/mol. The second kappa shape index (κ2) is 6.09. The topological polar surface area (TPSA) is 34.1 Å². The fraction of sp³-hybridized carbons (Fsp3) is 0.500. The molecule has 0 bridgehead atoms. The number of thiophene rings is 1. The van der Waals surface area contributed by atoms with E-state index in [4.69, 9.17) is 0 Å². The first-order chi connectivity index (χ1) is 6.74. The molecule has 0 aliphatic rings. The minimum absolute atomic E-state index is 0.174. The fourth-order valence-corrected chi connectivity index (χ4v) is 2.55. The Morgan fingerprint density at radius 3 is 2.93 bits per heavy atom. The Balaban J connectivity index is 2.26. The van der Waals surface area contributed by atoms with Gasteiger partial charge < -0.3 is 0 Å². The molecular formula is C10H14O2S2. The summed E-state index contributed by atoms with van der Waals surface area (Å²) in [5.74, 6) is 1.51. The van der Waals surface area contributed by atoms with Crippen LogP contribution in [-0.4, -0.2) is 21.5 Å². The van der Waals surface area contributed by atoms with Crippen LogP contribution in [0.3, 0.4) is 0 Å². The van der Waals surface area contributed by atoms with E-state index in [1.165, 1.54) is 11.3 Å². The van der Waals surface area contributed by atoms with Crippen molar-refractivity contribution in [2.24, 2.45) is 0 Å². The Morgan fingerprint density at radius 1 is 1.57 bits per heavy atom. The second-order valence-electron chi connectivity index (χ2n) is 2.94. The molecule has 1 unspecified atom stereocenters. The van der Waals surface area contributed by atoms with Gasteiger partial charge in [0.2, 0.25) is 0 Å². The minimum atomic E-state index is -0.739. The molecule has 0 aliphatic heterocycles. The van der Waals surface area contributed by atoms with E-state index in [2.05, 4.69) is 0 Å². The van der Waals surface area contributed by atoms with Crippen molar-refractivity contribution in [1.29, 1.82) is 0 Å². The molecule has 1 heterocycles. The van der Waals surface area contributed by atoms with Crippen molar-refractivity contribution in [1.82, 2.24) is 0 Å². The normalized spacial score (nSPS) is 12.6. The van der Waals surface area contributed by atoms with Gasteiger partial charge in [0.25, 0.3) is 0 Å². The van der Waals surface area contributed by atoms with Gasteiger partial charge in [-0.2, -0.15) is 0 Å².